The summed E-state index contributed by atoms with van der Waals surface area (Å²) in [6, 6.07) is 14.9. The summed E-state index contributed by atoms with van der Waals surface area (Å²) >= 11 is 1.54. The van der Waals surface area contributed by atoms with Gasteiger partial charge < -0.3 is 20.1 Å². The lowest BCUT2D eigenvalue weighted by atomic mass is 9.87. The van der Waals surface area contributed by atoms with Gasteiger partial charge in [0.2, 0.25) is 5.91 Å². The Labute approximate surface area is 210 Å². The van der Waals surface area contributed by atoms with E-state index in [0.29, 0.717) is 18.1 Å². The van der Waals surface area contributed by atoms with E-state index in [1.807, 2.05) is 38.1 Å². The Hall–Kier alpha value is -3.00. The predicted molar refractivity (Wildman–Crippen MR) is 136 cm³/mol. The van der Waals surface area contributed by atoms with Gasteiger partial charge in [-0.05, 0) is 35.1 Å². The molecule has 0 spiro atoms. The van der Waals surface area contributed by atoms with E-state index < -0.39 is 30.1 Å². The first-order valence-corrected chi connectivity index (χ1v) is 13.2. The number of thioether (sulfide) groups is 1. The smallest absolute Gasteiger partial charge is 0.407 e. The Morgan fingerprint density at radius 1 is 1.06 bits per heavy atom. The molecule has 3 atom stereocenters. The Balaban J connectivity index is 1.42. The lowest BCUT2D eigenvalue weighted by Crippen LogP contribution is -2.56. The molecule has 0 bridgehead atoms. The maximum absolute atomic E-state index is 13.4. The molecule has 2 amide bonds. The van der Waals surface area contributed by atoms with Crippen molar-refractivity contribution >= 4 is 29.7 Å². The number of carbonyl (C=O) groups is 3. The van der Waals surface area contributed by atoms with Crippen molar-refractivity contribution in [2.24, 2.45) is 11.8 Å². The zero-order valence-electron chi connectivity index (χ0n) is 20.3. The van der Waals surface area contributed by atoms with Crippen LogP contribution in [0.4, 0.5) is 4.79 Å². The second-order valence-corrected chi connectivity index (χ2v) is 10.6. The van der Waals surface area contributed by atoms with Crippen molar-refractivity contribution in [2.75, 3.05) is 24.7 Å². The Morgan fingerprint density at radius 3 is 2.23 bits per heavy atom. The molecule has 1 heterocycles. The van der Waals surface area contributed by atoms with Crippen molar-refractivity contribution in [1.82, 2.24) is 10.2 Å². The minimum absolute atomic E-state index is 0.0480. The van der Waals surface area contributed by atoms with E-state index in [9.17, 15) is 19.5 Å². The van der Waals surface area contributed by atoms with Gasteiger partial charge in [0.25, 0.3) is 0 Å². The molecule has 0 saturated carbocycles. The molecular formula is C27H32N2O5S. The van der Waals surface area contributed by atoms with Crippen LogP contribution in [0.5, 0.6) is 0 Å². The topological polar surface area (TPSA) is 95.9 Å². The van der Waals surface area contributed by atoms with Crippen LogP contribution in [0, 0.1) is 11.8 Å². The number of amides is 2. The van der Waals surface area contributed by atoms with Crippen LogP contribution in [0.3, 0.4) is 0 Å². The summed E-state index contributed by atoms with van der Waals surface area (Å²) in [5.74, 6) is -0.845. The number of alkyl carbamates (subject to hydrolysis) is 1. The Bertz CT molecular complexity index is 1060. The van der Waals surface area contributed by atoms with Crippen molar-refractivity contribution in [3.63, 3.8) is 0 Å². The summed E-state index contributed by atoms with van der Waals surface area (Å²) in [6.07, 6.45) is -0.582. The summed E-state index contributed by atoms with van der Waals surface area (Å²) in [5.41, 5.74) is 4.58. The van der Waals surface area contributed by atoms with E-state index in [0.717, 1.165) is 22.3 Å². The number of nitrogens with zero attached hydrogens (tertiary/aromatic N) is 1. The maximum Gasteiger partial charge on any atom is 0.407 e. The minimum atomic E-state index is -0.995. The second-order valence-electron chi connectivity index (χ2n) is 9.49. The van der Waals surface area contributed by atoms with E-state index in [2.05, 4.69) is 29.6 Å². The lowest BCUT2D eigenvalue weighted by Gasteiger charge is -2.38. The summed E-state index contributed by atoms with van der Waals surface area (Å²) in [4.78, 5) is 39.3. The lowest BCUT2D eigenvalue weighted by molar-refractivity contribution is -0.152. The molecular weight excluding hydrogens is 464 g/mol. The summed E-state index contributed by atoms with van der Waals surface area (Å²) in [7, 11) is 0. The van der Waals surface area contributed by atoms with E-state index in [-0.39, 0.29) is 24.3 Å². The highest BCUT2D eigenvalue weighted by Crippen LogP contribution is 2.44. The number of aliphatic carboxylic acids is 1. The number of fused-ring (bicyclic) bond motifs is 3. The van der Waals surface area contributed by atoms with E-state index >= 15 is 0 Å². The second kappa shape index (κ2) is 10.7. The van der Waals surface area contributed by atoms with Crippen molar-refractivity contribution in [3.05, 3.63) is 59.7 Å². The van der Waals surface area contributed by atoms with Crippen LogP contribution >= 0.6 is 11.8 Å². The molecule has 7 nitrogen and oxygen atoms in total. The quantitative estimate of drug-likeness (QED) is 0.596. The van der Waals surface area contributed by atoms with Crippen LogP contribution in [0.15, 0.2) is 48.5 Å². The number of benzene rings is 2. The number of carbonyl (C=O) groups excluding carboxylic acids is 2. The van der Waals surface area contributed by atoms with Gasteiger partial charge in [0.15, 0.2) is 0 Å². The average Bonchev–Trinajstić information content (AvgIpc) is 3.16. The van der Waals surface area contributed by atoms with Crippen molar-refractivity contribution < 1.29 is 24.2 Å². The summed E-state index contributed by atoms with van der Waals surface area (Å²) in [6.45, 7) is 6.18. The molecule has 0 radical (unpaired) electrons. The molecule has 0 aromatic heterocycles. The molecule has 186 valence electrons. The first-order chi connectivity index (χ1) is 16.8. The van der Waals surface area contributed by atoms with Gasteiger partial charge in [-0.15, -0.1) is 0 Å². The van der Waals surface area contributed by atoms with Crippen LogP contribution < -0.4 is 5.32 Å². The third-order valence-electron chi connectivity index (χ3n) is 6.93. The molecule has 2 aromatic rings. The number of carboxylic acid groups (broad SMARTS) is 1. The van der Waals surface area contributed by atoms with Gasteiger partial charge in [0, 0.05) is 30.0 Å². The minimum Gasteiger partial charge on any atom is -0.480 e. The Morgan fingerprint density at radius 2 is 1.66 bits per heavy atom. The highest BCUT2D eigenvalue weighted by atomic mass is 32.2. The summed E-state index contributed by atoms with van der Waals surface area (Å²) in [5, 5.41) is 12.4. The fourth-order valence-electron chi connectivity index (χ4n) is 5.26. The van der Waals surface area contributed by atoms with E-state index in [1.54, 1.807) is 6.92 Å². The fraction of sp³-hybridized carbons (Fsp3) is 0.444. The van der Waals surface area contributed by atoms with Gasteiger partial charge in [0.1, 0.15) is 12.6 Å². The number of ether oxygens (including phenoxy) is 1. The number of rotatable bonds is 7. The molecule has 1 saturated heterocycles. The molecule has 3 unspecified atom stereocenters. The van der Waals surface area contributed by atoms with E-state index in [4.69, 9.17) is 4.74 Å². The molecule has 2 aromatic carbocycles. The van der Waals surface area contributed by atoms with Gasteiger partial charge in [0.05, 0.1) is 5.92 Å². The van der Waals surface area contributed by atoms with Crippen LogP contribution in [0.2, 0.25) is 0 Å². The number of hydrogen-bond acceptors (Lipinski definition) is 5. The van der Waals surface area contributed by atoms with Crippen molar-refractivity contribution in [3.8, 4) is 11.1 Å². The van der Waals surface area contributed by atoms with Gasteiger partial charge in [-0.2, -0.15) is 11.8 Å². The first-order valence-electron chi connectivity index (χ1n) is 12.0. The van der Waals surface area contributed by atoms with Gasteiger partial charge in [-0.25, -0.2) is 9.59 Å². The molecule has 1 aliphatic heterocycles. The first kappa shape index (κ1) is 25.1. The standard InChI is InChI=1S/C27H32N2O5S/c1-16(2)24(25(30)29-12-13-35-15-23(29)26(31)32)17(3)28-27(33)34-14-22-20-10-6-4-8-18(20)19-9-5-7-11-21(19)22/h4-11,16-17,22-24H,12-15H2,1-3H3,(H,28,33)(H,31,32). The van der Waals surface area contributed by atoms with Crippen LogP contribution in [0.1, 0.15) is 37.8 Å². The molecule has 1 fully saturated rings. The number of carboxylic acids is 1. The Kier molecular flexibility index (Phi) is 7.69. The molecule has 8 heteroatoms. The van der Waals surface area contributed by atoms with Gasteiger partial charge in [-0.1, -0.05) is 62.4 Å². The van der Waals surface area contributed by atoms with Gasteiger partial charge in [-0.3, -0.25) is 4.79 Å². The zero-order chi connectivity index (χ0) is 25.1. The normalized spacial score (nSPS) is 19.0. The highest BCUT2D eigenvalue weighted by Gasteiger charge is 2.39. The van der Waals surface area contributed by atoms with Gasteiger partial charge >= 0.3 is 12.1 Å². The fourth-order valence-corrected chi connectivity index (χ4v) is 6.29. The molecule has 2 aliphatic rings. The average molecular weight is 497 g/mol. The monoisotopic (exact) mass is 496 g/mol. The third-order valence-corrected chi connectivity index (χ3v) is 7.95. The predicted octanol–water partition coefficient (Wildman–Crippen LogP) is 4.21. The number of hydrogen-bond donors (Lipinski definition) is 2. The van der Waals surface area contributed by atoms with E-state index in [1.165, 1.54) is 16.7 Å². The molecule has 4 rings (SSSR count). The van der Waals surface area contributed by atoms with Crippen LogP contribution in [-0.4, -0.2) is 64.7 Å². The number of nitrogens with one attached hydrogen (secondary N) is 1. The maximum atomic E-state index is 13.4. The van der Waals surface area contributed by atoms with Crippen LogP contribution in [-0.2, 0) is 14.3 Å². The zero-order valence-corrected chi connectivity index (χ0v) is 21.1. The summed E-state index contributed by atoms with van der Waals surface area (Å²) < 4.78 is 5.65. The van der Waals surface area contributed by atoms with Crippen molar-refractivity contribution in [1.29, 1.82) is 0 Å². The molecule has 35 heavy (non-hydrogen) atoms. The molecule has 2 N–H and O–H groups in total. The van der Waals surface area contributed by atoms with Crippen molar-refractivity contribution in [2.45, 2.75) is 38.8 Å². The van der Waals surface area contributed by atoms with Crippen LogP contribution in [0.25, 0.3) is 11.1 Å². The molecule has 1 aliphatic carbocycles. The third kappa shape index (κ3) is 5.17. The SMILES string of the molecule is CC(C)C(C(=O)N1CCSCC1C(=O)O)C(C)NC(=O)OCC1c2ccccc2-c2ccccc21. The largest absolute Gasteiger partial charge is 0.480 e. The highest BCUT2D eigenvalue weighted by molar-refractivity contribution is 7.99.